The zero-order chi connectivity index (χ0) is 14.9. The van der Waals surface area contributed by atoms with E-state index in [2.05, 4.69) is 38.1 Å². The highest BCUT2D eigenvalue weighted by Crippen LogP contribution is 2.23. The molecule has 0 radical (unpaired) electrons. The van der Waals surface area contributed by atoms with Crippen molar-refractivity contribution in [3.63, 3.8) is 0 Å². The minimum Gasteiger partial charge on any atom is -0.407 e. The van der Waals surface area contributed by atoms with Crippen LogP contribution >= 0.6 is 11.6 Å². The lowest BCUT2D eigenvalue weighted by molar-refractivity contribution is 0.0343. The van der Waals surface area contributed by atoms with Gasteiger partial charge in [-0.2, -0.15) is 0 Å². The van der Waals surface area contributed by atoms with Crippen LogP contribution in [0.25, 0.3) is 11.1 Å². The van der Waals surface area contributed by atoms with E-state index in [9.17, 15) is 0 Å². The number of rotatable bonds is 2. The third-order valence-corrected chi connectivity index (χ3v) is 3.86. The molecule has 108 valence electrons. The molecule has 0 atom stereocenters. The van der Waals surface area contributed by atoms with Crippen molar-refractivity contribution in [1.82, 2.24) is 0 Å². The summed E-state index contributed by atoms with van der Waals surface area (Å²) in [6.07, 6.45) is 0. The van der Waals surface area contributed by atoms with E-state index in [1.807, 2.05) is 24.3 Å². The Kier molecular flexibility index (Phi) is 4.07. The average molecular weight is 301 g/mol. The number of halogens is 1. The van der Waals surface area contributed by atoms with Gasteiger partial charge in [-0.1, -0.05) is 61.8 Å². The highest BCUT2D eigenvalue weighted by molar-refractivity contribution is 6.61. The highest BCUT2D eigenvalue weighted by atomic mass is 35.5. The molecule has 2 aromatic rings. The number of benzene rings is 2. The summed E-state index contributed by atoms with van der Waals surface area (Å²) in [5.41, 5.74) is 3.46. The van der Waals surface area contributed by atoms with Gasteiger partial charge >= 0.3 is 7.12 Å². The molecule has 0 N–H and O–H groups in total. The Labute approximate surface area is 131 Å². The van der Waals surface area contributed by atoms with Crippen LogP contribution in [0.1, 0.15) is 13.8 Å². The van der Waals surface area contributed by atoms with Crippen LogP contribution in [0.4, 0.5) is 0 Å². The monoisotopic (exact) mass is 300 g/mol. The molecule has 1 fully saturated rings. The molecule has 2 nitrogen and oxygen atoms in total. The van der Waals surface area contributed by atoms with Gasteiger partial charge in [0.1, 0.15) is 0 Å². The molecule has 2 aromatic carbocycles. The molecule has 3 rings (SSSR count). The van der Waals surface area contributed by atoms with Crippen molar-refractivity contribution in [2.24, 2.45) is 5.41 Å². The first-order valence-corrected chi connectivity index (χ1v) is 7.50. The molecule has 0 unspecified atom stereocenters. The van der Waals surface area contributed by atoms with Gasteiger partial charge in [0.05, 0.1) is 0 Å². The third kappa shape index (κ3) is 3.49. The van der Waals surface area contributed by atoms with Crippen LogP contribution in [0.3, 0.4) is 0 Å². The fourth-order valence-corrected chi connectivity index (χ4v) is 2.49. The van der Waals surface area contributed by atoms with Crippen LogP contribution < -0.4 is 5.46 Å². The third-order valence-electron chi connectivity index (χ3n) is 3.61. The van der Waals surface area contributed by atoms with Crippen LogP contribution in [0.15, 0.2) is 48.5 Å². The van der Waals surface area contributed by atoms with Gasteiger partial charge in [-0.15, -0.1) is 0 Å². The first-order valence-electron chi connectivity index (χ1n) is 7.13. The normalized spacial score (nSPS) is 17.8. The van der Waals surface area contributed by atoms with E-state index in [0.717, 1.165) is 34.8 Å². The Bertz CT molecular complexity index is 598. The maximum absolute atomic E-state index is 5.92. The summed E-state index contributed by atoms with van der Waals surface area (Å²) in [6, 6.07) is 16.2. The maximum atomic E-state index is 5.92. The van der Waals surface area contributed by atoms with E-state index >= 15 is 0 Å². The zero-order valence-electron chi connectivity index (χ0n) is 12.3. The molecule has 0 bridgehead atoms. The molecule has 1 aliphatic heterocycles. The molecule has 1 saturated heterocycles. The molecule has 0 saturated carbocycles. The predicted molar refractivity (Wildman–Crippen MR) is 88.0 cm³/mol. The van der Waals surface area contributed by atoms with Gasteiger partial charge in [0.15, 0.2) is 0 Å². The quantitative estimate of drug-likeness (QED) is 0.786. The van der Waals surface area contributed by atoms with Crippen LogP contribution in [-0.2, 0) is 9.31 Å². The van der Waals surface area contributed by atoms with Crippen molar-refractivity contribution in [2.45, 2.75) is 13.8 Å². The van der Waals surface area contributed by atoms with Crippen LogP contribution in [0, 0.1) is 5.41 Å². The van der Waals surface area contributed by atoms with E-state index < -0.39 is 0 Å². The fraction of sp³-hybridized carbons (Fsp3) is 0.294. The van der Waals surface area contributed by atoms with Crippen molar-refractivity contribution in [3.05, 3.63) is 53.6 Å². The molecule has 4 heteroatoms. The van der Waals surface area contributed by atoms with Crippen molar-refractivity contribution < 1.29 is 9.31 Å². The molecule has 0 aliphatic carbocycles. The zero-order valence-corrected chi connectivity index (χ0v) is 13.1. The van der Waals surface area contributed by atoms with Gasteiger partial charge < -0.3 is 9.31 Å². The van der Waals surface area contributed by atoms with Crippen LogP contribution in [0.2, 0.25) is 5.02 Å². The number of hydrogen-bond acceptors (Lipinski definition) is 2. The average Bonchev–Trinajstić information content (AvgIpc) is 2.48. The lowest BCUT2D eigenvalue weighted by atomic mass is 9.75. The topological polar surface area (TPSA) is 18.5 Å². The second-order valence-corrected chi connectivity index (χ2v) is 6.68. The van der Waals surface area contributed by atoms with Gasteiger partial charge in [0.25, 0.3) is 0 Å². The predicted octanol–water partition coefficient (Wildman–Crippen LogP) is 3.78. The van der Waals surface area contributed by atoms with E-state index in [1.54, 1.807) is 0 Å². The Balaban J connectivity index is 1.74. The molecule has 0 spiro atoms. The minimum atomic E-state index is -0.253. The van der Waals surface area contributed by atoms with E-state index in [0.29, 0.717) is 0 Å². The van der Waals surface area contributed by atoms with Crippen LogP contribution in [0.5, 0.6) is 0 Å². The van der Waals surface area contributed by atoms with Crippen molar-refractivity contribution in [3.8, 4) is 11.1 Å². The van der Waals surface area contributed by atoms with Gasteiger partial charge in [0, 0.05) is 23.7 Å². The SMILES string of the molecule is CC1(C)COB(c2ccc(-c3ccc(Cl)cc3)cc2)OC1. The van der Waals surface area contributed by atoms with Gasteiger partial charge in [-0.3, -0.25) is 0 Å². The summed E-state index contributed by atoms with van der Waals surface area (Å²) in [4.78, 5) is 0. The van der Waals surface area contributed by atoms with Gasteiger partial charge in [-0.05, 0) is 28.7 Å². The largest absolute Gasteiger partial charge is 0.493 e. The molecule has 1 heterocycles. The van der Waals surface area contributed by atoms with Crippen LogP contribution in [-0.4, -0.2) is 20.3 Å². The molecular weight excluding hydrogens is 282 g/mol. The fourth-order valence-electron chi connectivity index (χ4n) is 2.36. The standard InChI is InChI=1S/C17H18BClO2/c1-17(2)11-20-18(21-12-17)15-7-3-13(4-8-15)14-5-9-16(19)10-6-14/h3-10H,11-12H2,1-2H3. The summed E-state index contributed by atoms with van der Waals surface area (Å²) in [5, 5.41) is 0.752. The molecule has 0 amide bonds. The highest BCUT2D eigenvalue weighted by Gasteiger charge is 2.33. The van der Waals surface area contributed by atoms with Crippen molar-refractivity contribution in [1.29, 1.82) is 0 Å². The first-order chi connectivity index (χ1) is 10.0. The van der Waals surface area contributed by atoms with Crippen molar-refractivity contribution >= 4 is 24.2 Å². The van der Waals surface area contributed by atoms with E-state index in [-0.39, 0.29) is 12.5 Å². The second kappa shape index (κ2) is 5.84. The van der Waals surface area contributed by atoms with E-state index in [1.165, 1.54) is 0 Å². The molecular formula is C17H18BClO2. The molecule has 1 aliphatic rings. The van der Waals surface area contributed by atoms with E-state index in [4.69, 9.17) is 20.9 Å². The lowest BCUT2D eigenvalue weighted by Crippen LogP contribution is -2.47. The summed E-state index contributed by atoms with van der Waals surface area (Å²) < 4.78 is 11.6. The van der Waals surface area contributed by atoms with Crippen molar-refractivity contribution in [2.75, 3.05) is 13.2 Å². The Morgan fingerprint density at radius 2 is 1.33 bits per heavy atom. The second-order valence-electron chi connectivity index (χ2n) is 6.25. The van der Waals surface area contributed by atoms with Gasteiger partial charge in [-0.25, -0.2) is 0 Å². The summed E-state index contributed by atoms with van der Waals surface area (Å²) in [7, 11) is -0.253. The summed E-state index contributed by atoms with van der Waals surface area (Å²) in [5.74, 6) is 0. The molecule has 21 heavy (non-hydrogen) atoms. The molecule has 0 aromatic heterocycles. The first kappa shape index (κ1) is 14.6. The Hall–Kier alpha value is -1.29. The number of hydrogen-bond donors (Lipinski definition) is 0. The van der Waals surface area contributed by atoms with Gasteiger partial charge in [0.2, 0.25) is 0 Å². The Morgan fingerprint density at radius 3 is 1.86 bits per heavy atom. The summed E-state index contributed by atoms with van der Waals surface area (Å²) in [6.45, 7) is 5.73. The Morgan fingerprint density at radius 1 is 0.857 bits per heavy atom. The lowest BCUT2D eigenvalue weighted by Gasteiger charge is -2.33. The minimum absolute atomic E-state index is 0.0970. The smallest absolute Gasteiger partial charge is 0.407 e. The maximum Gasteiger partial charge on any atom is 0.493 e. The summed E-state index contributed by atoms with van der Waals surface area (Å²) >= 11 is 5.92.